The molecule has 0 unspecified atom stereocenters. The van der Waals surface area contributed by atoms with E-state index in [9.17, 15) is 4.79 Å². The molecule has 1 amide bonds. The van der Waals surface area contributed by atoms with Crippen molar-refractivity contribution in [2.45, 2.75) is 32.9 Å². The lowest BCUT2D eigenvalue weighted by molar-refractivity contribution is 0.0256. The maximum Gasteiger partial charge on any atom is 0.410 e. The van der Waals surface area contributed by atoms with Crippen LogP contribution in [0, 0.1) is 0 Å². The minimum atomic E-state index is -0.499. The van der Waals surface area contributed by atoms with E-state index in [1.807, 2.05) is 57.2 Å². The highest BCUT2D eigenvalue weighted by molar-refractivity contribution is 9.28. The number of hydrogen-bond donors (Lipinski definition) is 0. The van der Waals surface area contributed by atoms with Crippen molar-refractivity contribution >= 4 is 38.0 Å². The molecule has 0 saturated heterocycles. The van der Waals surface area contributed by atoms with Crippen LogP contribution in [0.3, 0.4) is 0 Å². The van der Waals surface area contributed by atoms with Gasteiger partial charge in [0.25, 0.3) is 0 Å². The van der Waals surface area contributed by atoms with Crippen LogP contribution >= 0.6 is 31.9 Å². The summed E-state index contributed by atoms with van der Waals surface area (Å²) in [6.07, 6.45) is 1.55. The van der Waals surface area contributed by atoms with Crippen molar-refractivity contribution in [3.05, 3.63) is 45.4 Å². The summed E-state index contributed by atoms with van der Waals surface area (Å²) in [6, 6.07) is 9.85. The van der Waals surface area contributed by atoms with Gasteiger partial charge >= 0.3 is 6.09 Å². The lowest BCUT2D eigenvalue weighted by Gasteiger charge is -2.26. The van der Waals surface area contributed by atoms with Crippen LogP contribution in [-0.4, -0.2) is 23.1 Å². The zero-order valence-electron chi connectivity index (χ0n) is 11.9. The molecule has 0 aliphatic carbocycles. The Balaban J connectivity index is 2.79. The first-order valence-electron chi connectivity index (χ1n) is 6.31. The molecular formula is C15H19Br2NO2. The van der Waals surface area contributed by atoms with Crippen molar-refractivity contribution in [3.63, 3.8) is 0 Å². The normalized spacial score (nSPS) is 10.8. The van der Waals surface area contributed by atoms with Gasteiger partial charge in [0.2, 0.25) is 0 Å². The summed E-state index contributed by atoms with van der Waals surface area (Å²) in [5.74, 6) is 0. The van der Waals surface area contributed by atoms with Crippen molar-refractivity contribution in [3.8, 4) is 0 Å². The van der Waals surface area contributed by atoms with Crippen molar-refractivity contribution in [1.29, 1.82) is 0 Å². The smallest absolute Gasteiger partial charge is 0.410 e. The minimum absolute atomic E-state index is 0.321. The maximum absolute atomic E-state index is 12.2. The Hall–Kier alpha value is -0.810. The van der Waals surface area contributed by atoms with E-state index >= 15 is 0 Å². The van der Waals surface area contributed by atoms with E-state index in [2.05, 4.69) is 31.9 Å². The molecule has 0 radical (unpaired) electrons. The molecule has 0 bridgehead atoms. The first-order chi connectivity index (χ1) is 9.28. The van der Waals surface area contributed by atoms with Crippen LogP contribution in [0.1, 0.15) is 26.3 Å². The predicted molar refractivity (Wildman–Crippen MR) is 89.0 cm³/mol. The second-order valence-corrected chi connectivity index (χ2v) is 8.11. The standard InChI is InChI=1S/C15H19Br2NO2/c1-15(2,3)20-14(19)18(10-9-13(16)17)11-12-7-5-4-6-8-12/h4-9H,10-11H2,1-3H3. The van der Waals surface area contributed by atoms with Gasteiger partial charge in [0.15, 0.2) is 0 Å². The summed E-state index contributed by atoms with van der Waals surface area (Å²) < 4.78 is 6.24. The number of ether oxygens (including phenoxy) is 1. The second kappa shape index (κ2) is 7.84. The van der Waals surface area contributed by atoms with Gasteiger partial charge in [-0.25, -0.2) is 4.79 Å². The van der Waals surface area contributed by atoms with Crippen molar-refractivity contribution in [1.82, 2.24) is 4.90 Å². The van der Waals surface area contributed by atoms with Crippen LogP contribution < -0.4 is 0 Å². The first kappa shape index (κ1) is 17.2. The molecule has 20 heavy (non-hydrogen) atoms. The molecular weight excluding hydrogens is 386 g/mol. The maximum atomic E-state index is 12.2. The third kappa shape index (κ3) is 7.10. The molecule has 3 nitrogen and oxygen atoms in total. The van der Waals surface area contributed by atoms with Crippen LogP contribution in [0.2, 0.25) is 0 Å². The van der Waals surface area contributed by atoms with Crippen LogP contribution in [0.4, 0.5) is 4.79 Å². The van der Waals surface area contributed by atoms with Gasteiger partial charge < -0.3 is 9.64 Å². The third-order valence-corrected chi connectivity index (χ3v) is 2.98. The number of nitrogens with zero attached hydrogens (tertiary/aromatic N) is 1. The molecule has 0 atom stereocenters. The van der Waals surface area contributed by atoms with Gasteiger partial charge in [0, 0.05) is 13.1 Å². The average molecular weight is 405 g/mol. The van der Waals surface area contributed by atoms with Gasteiger partial charge in [-0.2, -0.15) is 0 Å². The molecule has 5 heteroatoms. The number of hydrogen-bond acceptors (Lipinski definition) is 2. The van der Waals surface area contributed by atoms with Crippen molar-refractivity contribution in [2.75, 3.05) is 6.54 Å². The van der Waals surface area contributed by atoms with E-state index in [0.29, 0.717) is 13.1 Å². The van der Waals surface area contributed by atoms with Crippen LogP contribution in [0.15, 0.2) is 39.8 Å². The fourth-order valence-corrected chi connectivity index (χ4v) is 1.80. The highest BCUT2D eigenvalue weighted by Gasteiger charge is 2.21. The molecule has 1 aromatic rings. The highest BCUT2D eigenvalue weighted by Crippen LogP contribution is 2.16. The molecule has 1 aromatic carbocycles. The van der Waals surface area contributed by atoms with E-state index in [4.69, 9.17) is 4.74 Å². The summed E-state index contributed by atoms with van der Waals surface area (Å²) in [7, 11) is 0. The topological polar surface area (TPSA) is 29.5 Å². The summed E-state index contributed by atoms with van der Waals surface area (Å²) in [5, 5.41) is 0. The number of carbonyl (C=O) groups is 1. The van der Waals surface area contributed by atoms with Crippen LogP contribution in [0.25, 0.3) is 0 Å². The average Bonchev–Trinajstić information content (AvgIpc) is 2.33. The molecule has 0 fully saturated rings. The Morgan fingerprint density at radius 1 is 1.25 bits per heavy atom. The molecule has 0 saturated carbocycles. The van der Waals surface area contributed by atoms with Gasteiger partial charge in [0.05, 0.1) is 3.39 Å². The van der Waals surface area contributed by atoms with E-state index in [0.717, 1.165) is 8.96 Å². The second-order valence-electron chi connectivity index (χ2n) is 5.34. The van der Waals surface area contributed by atoms with E-state index in [1.165, 1.54) is 0 Å². The number of amides is 1. The molecule has 0 N–H and O–H groups in total. The monoisotopic (exact) mass is 403 g/mol. The molecule has 0 aliphatic rings. The SMILES string of the molecule is CC(C)(C)OC(=O)N(CC=C(Br)Br)Cc1ccccc1. The Labute approximate surface area is 137 Å². The molecule has 1 rings (SSSR count). The summed E-state index contributed by atoms with van der Waals surface area (Å²) in [4.78, 5) is 13.9. The summed E-state index contributed by atoms with van der Waals surface area (Å²) in [6.45, 7) is 6.57. The van der Waals surface area contributed by atoms with Gasteiger partial charge in [-0.1, -0.05) is 30.3 Å². The molecule has 0 heterocycles. The number of rotatable bonds is 4. The summed E-state index contributed by atoms with van der Waals surface area (Å²) in [5.41, 5.74) is 0.568. The Bertz CT molecular complexity index is 463. The lowest BCUT2D eigenvalue weighted by atomic mass is 10.2. The third-order valence-electron chi connectivity index (χ3n) is 2.33. The van der Waals surface area contributed by atoms with E-state index < -0.39 is 5.60 Å². The highest BCUT2D eigenvalue weighted by atomic mass is 79.9. The zero-order valence-corrected chi connectivity index (χ0v) is 15.1. The molecule has 110 valence electrons. The van der Waals surface area contributed by atoms with E-state index in [-0.39, 0.29) is 6.09 Å². The fourth-order valence-electron chi connectivity index (χ4n) is 1.51. The van der Waals surface area contributed by atoms with E-state index in [1.54, 1.807) is 4.90 Å². The first-order valence-corrected chi connectivity index (χ1v) is 7.89. The fraction of sp³-hybridized carbons (Fsp3) is 0.400. The van der Waals surface area contributed by atoms with Gasteiger partial charge in [-0.05, 0) is 64.3 Å². The predicted octanol–water partition coefficient (Wildman–Crippen LogP) is 5.05. The van der Waals surface area contributed by atoms with Crippen LogP contribution in [0.5, 0.6) is 0 Å². The van der Waals surface area contributed by atoms with Gasteiger partial charge in [-0.15, -0.1) is 0 Å². The minimum Gasteiger partial charge on any atom is -0.444 e. The van der Waals surface area contributed by atoms with Crippen molar-refractivity contribution in [2.24, 2.45) is 0 Å². The number of halogens is 2. The molecule has 0 aromatic heterocycles. The number of carbonyl (C=O) groups excluding carboxylic acids is 1. The van der Waals surface area contributed by atoms with Gasteiger partial charge in [-0.3, -0.25) is 0 Å². The zero-order chi connectivity index (χ0) is 15.2. The largest absolute Gasteiger partial charge is 0.444 e. The van der Waals surface area contributed by atoms with Gasteiger partial charge in [0.1, 0.15) is 5.60 Å². The quantitative estimate of drug-likeness (QED) is 0.702. The van der Waals surface area contributed by atoms with Crippen molar-refractivity contribution < 1.29 is 9.53 Å². The summed E-state index contributed by atoms with van der Waals surface area (Å²) >= 11 is 6.60. The molecule has 0 aliphatic heterocycles. The Morgan fingerprint density at radius 2 is 1.85 bits per heavy atom. The van der Waals surface area contributed by atoms with Crippen LogP contribution in [-0.2, 0) is 11.3 Å². The Morgan fingerprint density at radius 3 is 2.35 bits per heavy atom. The lowest BCUT2D eigenvalue weighted by Crippen LogP contribution is -2.36. The Kier molecular flexibility index (Phi) is 6.76. The molecule has 0 spiro atoms. The number of benzene rings is 1.